The molecular formula is C19H20ClFN4O2S. The van der Waals surface area contributed by atoms with Crippen molar-refractivity contribution in [2.24, 2.45) is 0 Å². The molecule has 0 unspecified atom stereocenters. The lowest BCUT2D eigenvalue weighted by Crippen LogP contribution is -2.24. The largest absolute Gasteiger partial charge is 0.353 e. The van der Waals surface area contributed by atoms with Crippen molar-refractivity contribution in [3.63, 3.8) is 0 Å². The Bertz CT molecular complexity index is 1080. The number of carbonyl (C=O) groups excluding carboxylic acids is 1. The van der Waals surface area contributed by atoms with Gasteiger partial charge in [-0.15, -0.1) is 0 Å². The van der Waals surface area contributed by atoms with Crippen LogP contribution < -0.4 is 10.9 Å². The first-order valence-electron chi connectivity index (χ1n) is 8.87. The van der Waals surface area contributed by atoms with Crippen LogP contribution in [0.25, 0.3) is 11.0 Å². The predicted molar refractivity (Wildman–Crippen MR) is 111 cm³/mol. The van der Waals surface area contributed by atoms with Crippen molar-refractivity contribution in [3.05, 3.63) is 51.2 Å². The quantitative estimate of drug-likeness (QED) is 0.438. The Morgan fingerprint density at radius 3 is 2.89 bits per heavy atom. The number of halogens is 2. The second-order valence-electron chi connectivity index (χ2n) is 6.38. The van der Waals surface area contributed by atoms with Crippen molar-refractivity contribution < 1.29 is 9.18 Å². The zero-order valence-electron chi connectivity index (χ0n) is 15.5. The molecule has 1 amide bonds. The van der Waals surface area contributed by atoms with Gasteiger partial charge in [0, 0.05) is 17.3 Å². The highest BCUT2D eigenvalue weighted by atomic mass is 35.5. The van der Waals surface area contributed by atoms with Gasteiger partial charge in [0.15, 0.2) is 5.16 Å². The third-order valence-corrected chi connectivity index (χ3v) is 5.32. The van der Waals surface area contributed by atoms with Gasteiger partial charge in [0.05, 0.1) is 17.0 Å². The van der Waals surface area contributed by atoms with Crippen molar-refractivity contribution in [2.75, 3.05) is 11.1 Å². The number of aromatic amines is 1. The molecule has 2 N–H and O–H groups in total. The number of hydrogen-bond donors (Lipinski definition) is 2. The maximum atomic E-state index is 13.8. The van der Waals surface area contributed by atoms with E-state index >= 15 is 0 Å². The van der Waals surface area contributed by atoms with Crippen molar-refractivity contribution >= 4 is 46.0 Å². The molecule has 9 heteroatoms. The maximum absolute atomic E-state index is 13.8. The summed E-state index contributed by atoms with van der Waals surface area (Å²) in [5.74, 6) is -1.00. The summed E-state index contributed by atoms with van der Waals surface area (Å²) in [4.78, 5) is 32.6. The lowest BCUT2D eigenvalue weighted by atomic mass is 10.3. The highest BCUT2D eigenvalue weighted by Gasteiger charge is 2.15. The molecule has 0 spiro atoms. The van der Waals surface area contributed by atoms with Crippen LogP contribution in [0, 0.1) is 12.7 Å². The molecule has 0 fully saturated rings. The first-order chi connectivity index (χ1) is 13.4. The van der Waals surface area contributed by atoms with Crippen molar-refractivity contribution in [1.29, 1.82) is 0 Å². The lowest BCUT2D eigenvalue weighted by molar-refractivity contribution is -0.113. The minimum atomic E-state index is -0.604. The molecule has 0 aliphatic heterocycles. The van der Waals surface area contributed by atoms with Gasteiger partial charge in [0.1, 0.15) is 11.3 Å². The van der Waals surface area contributed by atoms with E-state index in [9.17, 15) is 14.0 Å². The molecule has 0 aliphatic carbocycles. The van der Waals surface area contributed by atoms with Crippen LogP contribution in [0.2, 0.25) is 5.02 Å². The molecular weight excluding hydrogens is 403 g/mol. The molecule has 6 nitrogen and oxygen atoms in total. The van der Waals surface area contributed by atoms with Crippen LogP contribution in [0.3, 0.4) is 0 Å². The number of aromatic nitrogens is 3. The number of H-pyrrole nitrogens is 1. The van der Waals surface area contributed by atoms with E-state index in [4.69, 9.17) is 11.6 Å². The third kappa shape index (κ3) is 4.56. The van der Waals surface area contributed by atoms with Crippen molar-refractivity contribution in [1.82, 2.24) is 14.5 Å². The summed E-state index contributed by atoms with van der Waals surface area (Å²) >= 11 is 6.87. The number of nitrogens with zero attached hydrogens (tertiary/aromatic N) is 2. The Kier molecular flexibility index (Phi) is 6.41. The van der Waals surface area contributed by atoms with E-state index in [0.29, 0.717) is 22.7 Å². The summed E-state index contributed by atoms with van der Waals surface area (Å²) in [5.41, 5.74) is 1.79. The van der Waals surface area contributed by atoms with Crippen LogP contribution in [0.1, 0.15) is 25.5 Å². The van der Waals surface area contributed by atoms with Crippen LogP contribution >= 0.6 is 23.4 Å². The van der Waals surface area contributed by atoms with Gasteiger partial charge in [0.25, 0.3) is 5.56 Å². The molecule has 0 radical (unpaired) electrons. The summed E-state index contributed by atoms with van der Waals surface area (Å²) in [6.07, 6.45) is 1.75. The lowest BCUT2D eigenvalue weighted by Gasteiger charge is -2.12. The average molecular weight is 423 g/mol. The van der Waals surface area contributed by atoms with E-state index in [2.05, 4.69) is 15.3 Å². The van der Waals surface area contributed by atoms with Crippen LogP contribution in [-0.2, 0) is 11.3 Å². The van der Waals surface area contributed by atoms with Crippen LogP contribution in [0.4, 0.5) is 10.1 Å². The molecule has 0 aliphatic rings. The van der Waals surface area contributed by atoms with Gasteiger partial charge in [-0.3, -0.25) is 14.2 Å². The molecule has 0 saturated heterocycles. The second-order valence-corrected chi connectivity index (χ2v) is 7.76. The molecule has 2 aromatic heterocycles. The van der Waals surface area contributed by atoms with Gasteiger partial charge in [-0.05, 0) is 37.6 Å². The fourth-order valence-electron chi connectivity index (χ4n) is 2.74. The van der Waals surface area contributed by atoms with Gasteiger partial charge < -0.3 is 10.3 Å². The standard InChI is InChI=1S/C19H20ClFN4O2S/c1-3-4-7-25-18(27)17-15(8-11(2)22-17)24-19(25)28-10-16(26)23-14-6-5-12(20)9-13(14)21/h5-6,8-9,22H,3-4,7,10H2,1-2H3,(H,23,26). The number of hydrogen-bond acceptors (Lipinski definition) is 4. The number of carbonyl (C=O) groups is 1. The molecule has 3 rings (SSSR count). The first kappa shape index (κ1) is 20.4. The normalized spacial score (nSPS) is 11.1. The third-order valence-electron chi connectivity index (χ3n) is 4.11. The van der Waals surface area contributed by atoms with E-state index in [-0.39, 0.29) is 22.0 Å². The van der Waals surface area contributed by atoms with Gasteiger partial charge in [-0.1, -0.05) is 36.7 Å². The SMILES string of the molecule is CCCCn1c(SCC(=O)Nc2ccc(Cl)cc2F)nc2cc(C)[nH]c2c1=O. The monoisotopic (exact) mass is 422 g/mol. The number of unbranched alkanes of at least 4 members (excludes halogenated alkanes) is 1. The number of nitrogens with one attached hydrogen (secondary N) is 2. The van der Waals surface area contributed by atoms with Crippen molar-refractivity contribution in [3.8, 4) is 0 Å². The maximum Gasteiger partial charge on any atom is 0.278 e. The Morgan fingerprint density at radius 2 is 2.18 bits per heavy atom. The smallest absolute Gasteiger partial charge is 0.278 e. The average Bonchev–Trinajstić information content (AvgIpc) is 3.02. The minimum absolute atomic E-state index is 0.00442. The summed E-state index contributed by atoms with van der Waals surface area (Å²) in [6, 6.07) is 5.84. The van der Waals surface area contributed by atoms with Gasteiger partial charge in [-0.2, -0.15) is 0 Å². The molecule has 0 saturated carbocycles. The molecule has 0 bridgehead atoms. The zero-order chi connectivity index (χ0) is 20.3. The number of fused-ring (bicyclic) bond motifs is 1. The summed E-state index contributed by atoms with van der Waals surface area (Å²) in [6.45, 7) is 4.42. The molecule has 3 aromatic rings. The Hall–Kier alpha value is -2.32. The molecule has 148 valence electrons. The Morgan fingerprint density at radius 1 is 1.39 bits per heavy atom. The number of anilines is 1. The van der Waals surface area contributed by atoms with E-state index in [0.717, 1.165) is 36.4 Å². The highest BCUT2D eigenvalue weighted by molar-refractivity contribution is 7.99. The first-order valence-corrected chi connectivity index (χ1v) is 10.2. The number of aryl methyl sites for hydroxylation is 1. The van der Waals surface area contributed by atoms with E-state index in [1.807, 2.05) is 13.8 Å². The molecule has 1 aromatic carbocycles. The number of thioether (sulfide) groups is 1. The fraction of sp³-hybridized carbons (Fsp3) is 0.316. The summed E-state index contributed by atoms with van der Waals surface area (Å²) < 4.78 is 15.4. The fourth-order valence-corrected chi connectivity index (χ4v) is 3.73. The van der Waals surface area contributed by atoms with Gasteiger partial charge >= 0.3 is 0 Å². The second kappa shape index (κ2) is 8.79. The van der Waals surface area contributed by atoms with E-state index in [1.54, 1.807) is 10.6 Å². The topological polar surface area (TPSA) is 79.8 Å². The predicted octanol–water partition coefficient (Wildman–Crippen LogP) is 4.36. The van der Waals surface area contributed by atoms with Gasteiger partial charge in [0.2, 0.25) is 5.91 Å². The van der Waals surface area contributed by atoms with Crippen LogP contribution in [0.15, 0.2) is 34.2 Å². The highest BCUT2D eigenvalue weighted by Crippen LogP contribution is 2.21. The number of rotatable bonds is 7. The van der Waals surface area contributed by atoms with E-state index in [1.165, 1.54) is 12.1 Å². The molecule has 0 atom stereocenters. The number of amides is 1. The zero-order valence-corrected chi connectivity index (χ0v) is 17.1. The molecule has 28 heavy (non-hydrogen) atoms. The molecule has 2 heterocycles. The van der Waals surface area contributed by atoms with E-state index < -0.39 is 11.7 Å². The van der Waals surface area contributed by atoms with Gasteiger partial charge in [-0.25, -0.2) is 9.37 Å². The number of benzene rings is 1. The summed E-state index contributed by atoms with van der Waals surface area (Å²) in [5, 5.41) is 3.23. The van der Waals surface area contributed by atoms with Crippen LogP contribution in [0.5, 0.6) is 0 Å². The Labute approximate surface area is 170 Å². The Balaban J connectivity index is 1.80. The minimum Gasteiger partial charge on any atom is -0.353 e. The summed E-state index contributed by atoms with van der Waals surface area (Å²) in [7, 11) is 0. The van der Waals surface area contributed by atoms with Crippen LogP contribution in [-0.4, -0.2) is 26.2 Å². The van der Waals surface area contributed by atoms with Crippen molar-refractivity contribution in [2.45, 2.75) is 38.4 Å².